The van der Waals surface area contributed by atoms with Crippen molar-refractivity contribution in [3.8, 4) is 11.4 Å². The van der Waals surface area contributed by atoms with Gasteiger partial charge in [-0.2, -0.15) is 0 Å². The maximum Gasteiger partial charge on any atom is 0.420 e. The number of nitrogens with one attached hydrogen (secondary N) is 1. The third-order valence-electron chi connectivity index (χ3n) is 5.47. The summed E-state index contributed by atoms with van der Waals surface area (Å²) in [6.07, 6.45) is 3.77. The number of fused-ring (bicyclic) bond motifs is 1. The van der Waals surface area contributed by atoms with Crippen molar-refractivity contribution in [2.45, 2.75) is 13.5 Å². The van der Waals surface area contributed by atoms with Gasteiger partial charge in [0.25, 0.3) is 0 Å². The van der Waals surface area contributed by atoms with Gasteiger partial charge in [0, 0.05) is 31.7 Å². The molecule has 5 rings (SSSR count). The average molecular weight is 401 g/mol. The highest BCUT2D eigenvalue weighted by atomic mass is 16.4. The fraction of sp³-hybridized carbons (Fsp3) is 0.261. The minimum Gasteiger partial charge on any atom is -0.408 e. The number of oxazole rings is 1. The fourth-order valence-corrected chi connectivity index (χ4v) is 3.87. The molecule has 0 bridgehead atoms. The molecule has 1 N–H and O–H groups in total. The molecule has 152 valence electrons. The number of hydrogen-bond acceptors (Lipinski definition) is 6. The van der Waals surface area contributed by atoms with E-state index in [1.165, 1.54) is 0 Å². The molecule has 2 aromatic heterocycles. The zero-order valence-electron chi connectivity index (χ0n) is 16.8. The predicted octanol–water partition coefficient (Wildman–Crippen LogP) is 2.82. The van der Waals surface area contributed by atoms with E-state index in [4.69, 9.17) is 4.42 Å². The fourth-order valence-electron chi connectivity index (χ4n) is 3.87. The lowest BCUT2D eigenvalue weighted by molar-refractivity contribution is 0.517. The summed E-state index contributed by atoms with van der Waals surface area (Å²) < 4.78 is 7.05. The summed E-state index contributed by atoms with van der Waals surface area (Å²) in [6, 6.07) is 13.7. The van der Waals surface area contributed by atoms with Crippen LogP contribution in [0.25, 0.3) is 22.5 Å². The summed E-state index contributed by atoms with van der Waals surface area (Å²) in [5, 5.41) is 3.35. The smallest absolute Gasteiger partial charge is 0.408 e. The van der Waals surface area contributed by atoms with Gasteiger partial charge in [0.15, 0.2) is 11.4 Å². The molecule has 1 saturated heterocycles. The van der Waals surface area contributed by atoms with E-state index in [9.17, 15) is 4.79 Å². The summed E-state index contributed by atoms with van der Waals surface area (Å²) in [4.78, 5) is 23.8. The first-order chi connectivity index (χ1) is 14.7. The van der Waals surface area contributed by atoms with Gasteiger partial charge in [-0.1, -0.05) is 24.3 Å². The molecule has 1 aliphatic rings. The molecule has 2 aromatic carbocycles. The molecule has 0 unspecified atom stereocenters. The maximum atomic E-state index is 12.4. The number of rotatable bonds is 4. The normalized spacial score (nSPS) is 14.4. The molecule has 0 saturated carbocycles. The Morgan fingerprint density at radius 1 is 1.07 bits per heavy atom. The Balaban J connectivity index is 1.42. The Kier molecular flexibility index (Phi) is 4.80. The van der Waals surface area contributed by atoms with Crippen LogP contribution in [0.15, 0.2) is 64.1 Å². The topological polar surface area (TPSA) is 76.2 Å². The van der Waals surface area contributed by atoms with Crippen LogP contribution < -0.4 is 16.0 Å². The van der Waals surface area contributed by atoms with Crippen LogP contribution in [-0.4, -0.2) is 40.7 Å². The molecule has 1 aliphatic heterocycles. The molecular formula is C23H23N5O2. The van der Waals surface area contributed by atoms with Crippen LogP contribution in [0.1, 0.15) is 11.1 Å². The van der Waals surface area contributed by atoms with Crippen LogP contribution in [0.4, 0.5) is 5.69 Å². The van der Waals surface area contributed by atoms with Crippen molar-refractivity contribution in [3.05, 3.63) is 76.5 Å². The molecule has 0 spiro atoms. The average Bonchev–Trinajstić information content (AvgIpc) is 3.09. The second-order valence-corrected chi connectivity index (χ2v) is 7.63. The van der Waals surface area contributed by atoms with Crippen molar-refractivity contribution in [2.24, 2.45) is 0 Å². The van der Waals surface area contributed by atoms with E-state index in [0.29, 0.717) is 18.0 Å². The molecule has 0 aliphatic carbocycles. The Morgan fingerprint density at radius 3 is 2.67 bits per heavy atom. The van der Waals surface area contributed by atoms with Gasteiger partial charge in [-0.3, -0.25) is 4.57 Å². The summed E-state index contributed by atoms with van der Waals surface area (Å²) >= 11 is 0. The molecule has 0 amide bonds. The molecule has 30 heavy (non-hydrogen) atoms. The summed E-state index contributed by atoms with van der Waals surface area (Å²) in [6.45, 7) is 6.32. The zero-order valence-corrected chi connectivity index (χ0v) is 16.8. The molecule has 7 heteroatoms. The molecule has 3 heterocycles. The van der Waals surface area contributed by atoms with Crippen LogP contribution in [0.3, 0.4) is 0 Å². The lowest BCUT2D eigenvalue weighted by atomic mass is 10.1. The first kappa shape index (κ1) is 18.6. The third-order valence-corrected chi connectivity index (χ3v) is 5.47. The van der Waals surface area contributed by atoms with Crippen LogP contribution in [0.5, 0.6) is 0 Å². The van der Waals surface area contributed by atoms with Crippen LogP contribution in [0.2, 0.25) is 0 Å². The monoisotopic (exact) mass is 401 g/mol. The lowest BCUT2D eigenvalue weighted by Gasteiger charge is -2.28. The SMILES string of the molecule is Cc1ccc2oc(=O)n(Cc3cccc(-c4ncc(N5CCNCC5)cn4)c3)c2c1. The summed E-state index contributed by atoms with van der Waals surface area (Å²) in [5.74, 6) is 0.327. The number of aromatic nitrogens is 3. The Morgan fingerprint density at radius 2 is 1.87 bits per heavy atom. The van der Waals surface area contributed by atoms with E-state index in [0.717, 1.165) is 54.1 Å². The van der Waals surface area contributed by atoms with Crippen LogP contribution >= 0.6 is 0 Å². The molecule has 1 fully saturated rings. The van der Waals surface area contributed by atoms with Crippen molar-refractivity contribution in [1.29, 1.82) is 0 Å². The highest BCUT2D eigenvalue weighted by Crippen LogP contribution is 2.21. The largest absolute Gasteiger partial charge is 0.420 e. The Hall–Kier alpha value is -3.45. The van der Waals surface area contributed by atoms with Gasteiger partial charge in [0.2, 0.25) is 0 Å². The molecular weight excluding hydrogens is 378 g/mol. The number of nitrogens with zero attached hydrogens (tertiary/aromatic N) is 4. The van der Waals surface area contributed by atoms with Gasteiger partial charge < -0.3 is 14.6 Å². The Bertz CT molecular complexity index is 1240. The second kappa shape index (κ2) is 7.76. The number of benzene rings is 2. The first-order valence-corrected chi connectivity index (χ1v) is 10.1. The van der Waals surface area contributed by atoms with Crippen molar-refractivity contribution in [2.75, 3.05) is 31.1 Å². The number of anilines is 1. The highest BCUT2D eigenvalue weighted by molar-refractivity contribution is 5.74. The van der Waals surface area contributed by atoms with E-state index in [1.54, 1.807) is 4.57 Å². The number of piperazine rings is 1. The van der Waals surface area contributed by atoms with Crippen molar-refractivity contribution in [1.82, 2.24) is 19.9 Å². The molecule has 4 aromatic rings. The Labute approximate surface area is 174 Å². The van der Waals surface area contributed by atoms with Crippen LogP contribution in [0, 0.1) is 6.92 Å². The summed E-state index contributed by atoms with van der Waals surface area (Å²) in [5.41, 5.74) is 5.47. The molecule has 0 atom stereocenters. The van der Waals surface area contributed by atoms with Gasteiger partial charge >= 0.3 is 5.76 Å². The van der Waals surface area contributed by atoms with E-state index >= 15 is 0 Å². The van der Waals surface area contributed by atoms with Gasteiger partial charge in [-0.25, -0.2) is 14.8 Å². The van der Waals surface area contributed by atoms with E-state index in [1.807, 2.05) is 61.8 Å². The van der Waals surface area contributed by atoms with Crippen molar-refractivity contribution in [3.63, 3.8) is 0 Å². The van der Waals surface area contributed by atoms with Gasteiger partial charge in [-0.15, -0.1) is 0 Å². The lowest BCUT2D eigenvalue weighted by Crippen LogP contribution is -2.43. The van der Waals surface area contributed by atoms with E-state index in [2.05, 4.69) is 20.2 Å². The van der Waals surface area contributed by atoms with Crippen LogP contribution in [-0.2, 0) is 6.54 Å². The number of hydrogen-bond donors (Lipinski definition) is 1. The minimum absolute atomic E-state index is 0.349. The second-order valence-electron chi connectivity index (χ2n) is 7.63. The predicted molar refractivity (Wildman–Crippen MR) is 117 cm³/mol. The van der Waals surface area contributed by atoms with Gasteiger partial charge in [-0.05, 0) is 36.2 Å². The highest BCUT2D eigenvalue weighted by Gasteiger charge is 2.13. The zero-order chi connectivity index (χ0) is 20.5. The third kappa shape index (κ3) is 3.59. The molecule has 0 radical (unpaired) electrons. The van der Waals surface area contributed by atoms with Gasteiger partial charge in [0.05, 0.1) is 30.1 Å². The van der Waals surface area contributed by atoms with E-state index in [-0.39, 0.29) is 5.76 Å². The minimum atomic E-state index is -0.349. The maximum absolute atomic E-state index is 12.4. The summed E-state index contributed by atoms with van der Waals surface area (Å²) in [7, 11) is 0. The van der Waals surface area contributed by atoms with E-state index < -0.39 is 0 Å². The van der Waals surface area contributed by atoms with Crippen molar-refractivity contribution >= 4 is 16.8 Å². The first-order valence-electron chi connectivity index (χ1n) is 10.1. The quantitative estimate of drug-likeness (QED) is 0.567. The standard InChI is InChI=1S/C23H23N5O2/c1-16-5-6-21-20(11-16)28(23(29)30-21)15-17-3-2-4-18(12-17)22-25-13-19(14-26-22)27-9-7-24-8-10-27/h2-6,11-14,24H,7-10,15H2,1H3. The number of aryl methyl sites for hydroxylation is 1. The van der Waals surface area contributed by atoms with Gasteiger partial charge in [0.1, 0.15) is 0 Å². The van der Waals surface area contributed by atoms with Crippen molar-refractivity contribution < 1.29 is 4.42 Å². The molecule has 7 nitrogen and oxygen atoms in total.